The second kappa shape index (κ2) is 7.95. The van der Waals surface area contributed by atoms with Crippen molar-refractivity contribution < 1.29 is 18.0 Å². The Bertz CT molecular complexity index is 991. The second-order valence-electron chi connectivity index (χ2n) is 5.88. The highest BCUT2D eigenvalue weighted by molar-refractivity contribution is 5.89. The predicted molar refractivity (Wildman–Crippen MR) is 101 cm³/mol. The molecule has 0 spiro atoms. The molecular weight excluding hydrogens is 371 g/mol. The molecule has 0 aliphatic carbocycles. The Morgan fingerprint density at radius 1 is 0.857 bits per heavy atom. The SMILES string of the molecule is CC(=O)Nc1cccc(Nc2cc(Nc3cccc(C(F)(F)F)c3)ncn2)c1. The molecule has 1 amide bonds. The van der Waals surface area contributed by atoms with E-state index in [2.05, 4.69) is 25.9 Å². The van der Waals surface area contributed by atoms with E-state index in [1.165, 1.54) is 25.4 Å². The molecule has 0 aliphatic rings. The van der Waals surface area contributed by atoms with Gasteiger partial charge in [0.1, 0.15) is 18.0 Å². The molecule has 0 bridgehead atoms. The lowest BCUT2D eigenvalue weighted by molar-refractivity contribution is -0.137. The van der Waals surface area contributed by atoms with E-state index in [0.717, 1.165) is 12.1 Å². The minimum atomic E-state index is -4.42. The molecule has 0 unspecified atom stereocenters. The van der Waals surface area contributed by atoms with Crippen LogP contribution in [0.5, 0.6) is 0 Å². The number of benzene rings is 2. The third-order valence-corrected chi connectivity index (χ3v) is 3.58. The van der Waals surface area contributed by atoms with Gasteiger partial charge in [-0.25, -0.2) is 9.97 Å². The van der Waals surface area contributed by atoms with Crippen LogP contribution in [-0.2, 0) is 11.0 Å². The first kappa shape index (κ1) is 19.2. The highest BCUT2D eigenvalue weighted by Gasteiger charge is 2.30. The number of carbonyl (C=O) groups is 1. The van der Waals surface area contributed by atoms with Crippen molar-refractivity contribution in [2.24, 2.45) is 0 Å². The largest absolute Gasteiger partial charge is 0.416 e. The van der Waals surface area contributed by atoms with Crippen molar-refractivity contribution in [1.82, 2.24) is 9.97 Å². The van der Waals surface area contributed by atoms with Gasteiger partial charge in [-0.05, 0) is 36.4 Å². The highest BCUT2D eigenvalue weighted by Crippen LogP contribution is 2.31. The fraction of sp³-hybridized carbons (Fsp3) is 0.105. The maximum atomic E-state index is 12.8. The van der Waals surface area contributed by atoms with Crippen molar-refractivity contribution in [2.75, 3.05) is 16.0 Å². The van der Waals surface area contributed by atoms with Crippen LogP contribution in [0.25, 0.3) is 0 Å². The molecule has 1 aromatic heterocycles. The molecule has 0 saturated heterocycles. The van der Waals surface area contributed by atoms with Crippen LogP contribution < -0.4 is 16.0 Å². The Morgan fingerprint density at radius 3 is 2.04 bits per heavy atom. The molecule has 2 aromatic carbocycles. The minimum absolute atomic E-state index is 0.188. The quantitative estimate of drug-likeness (QED) is 0.578. The van der Waals surface area contributed by atoms with Crippen LogP contribution in [0.3, 0.4) is 0 Å². The first-order chi connectivity index (χ1) is 13.3. The van der Waals surface area contributed by atoms with Gasteiger partial charge in [0.15, 0.2) is 0 Å². The normalized spacial score (nSPS) is 11.0. The van der Waals surface area contributed by atoms with Crippen molar-refractivity contribution in [2.45, 2.75) is 13.1 Å². The van der Waals surface area contributed by atoms with Gasteiger partial charge in [0.05, 0.1) is 5.56 Å². The Labute approximate surface area is 158 Å². The average Bonchev–Trinajstić information content (AvgIpc) is 2.61. The van der Waals surface area contributed by atoms with E-state index < -0.39 is 11.7 Å². The third kappa shape index (κ3) is 5.19. The molecule has 3 aromatic rings. The summed E-state index contributed by atoms with van der Waals surface area (Å²) in [7, 11) is 0. The number of nitrogens with zero attached hydrogens (tertiary/aromatic N) is 2. The van der Waals surface area contributed by atoms with Gasteiger partial charge in [-0.1, -0.05) is 12.1 Å². The summed E-state index contributed by atoms with van der Waals surface area (Å²) in [6.07, 6.45) is -3.13. The lowest BCUT2D eigenvalue weighted by atomic mass is 10.2. The number of hydrogen-bond acceptors (Lipinski definition) is 5. The number of nitrogens with one attached hydrogen (secondary N) is 3. The lowest BCUT2D eigenvalue weighted by Crippen LogP contribution is -2.06. The molecule has 0 atom stereocenters. The summed E-state index contributed by atoms with van der Waals surface area (Å²) < 4.78 is 38.5. The first-order valence-corrected chi connectivity index (χ1v) is 8.20. The van der Waals surface area contributed by atoms with E-state index >= 15 is 0 Å². The van der Waals surface area contributed by atoms with Gasteiger partial charge in [-0.3, -0.25) is 4.79 Å². The number of aromatic nitrogens is 2. The van der Waals surface area contributed by atoms with Crippen LogP contribution in [0.2, 0.25) is 0 Å². The fourth-order valence-corrected chi connectivity index (χ4v) is 2.44. The van der Waals surface area contributed by atoms with Gasteiger partial charge in [-0.2, -0.15) is 13.2 Å². The molecular formula is C19H16F3N5O. The molecule has 0 aliphatic heterocycles. The Kier molecular flexibility index (Phi) is 5.44. The van der Waals surface area contributed by atoms with Gasteiger partial charge in [-0.15, -0.1) is 0 Å². The van der Waals surface area contributed by atoms with Gasteiger partial charge in [0.25, 0.3) is 0 Å². The van der Waals surface area contributed by atoms with Crippen LogP contribution in [0.15, 0.2) is 60.9 Å². The van der Waals surface area contributed by atoms with Gasteiger partial charge in [0.2, 0.25) is 5.91 Å². The Balaban J connectivity index is 1.75. The van der Waals surface area contributed by atoms with Gasteiger partial charge in [0, 0.05) is 30.1 Å². The lowest BCUT2D eigenvalue weighted by Gasteiger charge is -2.11. The Hall–Kier alpha value is -3.62. The van der Waals surface area contributed by atoms with Crippen molar-refractivity contribution in [3.05, 3.63) is 66.5 Å². The highest BCUT2D eigenvalue weighted by atomic mass is 19.4. The van der Waals surface area contributed by atoms with Crippen molar-refractivity contribution in [3.63, 3.8) is 0 Å². The Morgan fingerprint density at radius 2 is 1.43 bits per heavy atom. The maximum Gasteiger partial charge on any atom is 0.416 e. The first-order valence-electron chi connectivity index (χ1n) is 8.20. The van der Waals surface area contributed by atoms with Crippen molar-refractivity contribution >= 4 is 34.6 Å². The zero-order valence-corrected chi connectivity index (χ0v) is 14.7. The summed E-state index contributed by atoms with van der Waals surface area (Å²) in [5.41, 5.74) is 0.802. The molecule has 3 rings (SSSR count). The maximum absolute atomic E-state index is 12.8. The molecule has 1 heterocycles. The number of halogens is 3. The van der Waals surface area contributed by atoms with E-state index in [1.807, 2.05) is 0 Å². The number of anilines is 5. The standard InChI is InChI=1S/C19H16F3N5O/c1-12(28)25-15-6-3-7-16(9-15)27-18-10-17(23-11-24-18)26-14-5-2-4-13(8-14)19(20,21)22/h2-11H,1H3,(H,25,28)(H2,23,24,26,27). The monoisotopic (exact) mass is 387 g/mol. The van der Waals surface area contributed by atoms with E-state index in [1.54, 1.807) is 30.3 Å². The number of carbonyl (C=O) groups excluding carboxylic acids is 1. The van der Waals surface area contributed by atoms with E-state index in [-0.39, 0.29) is 11.6 Å². The average molecular weight is 387 g/mol. The smallest absolute Gasteiger partial charge is 0.340 e. The zero-order chi connectivity index (χ0) is 20.1. The summed E-state index contributed by atoms with van der Waals surface area (Å²) in [5.74, 6) is 0.575. The van der Waals surface area contributed by atoms with Crippen molar-refractivity contribution in [3.8, 4) is 0 Å². The molecule has 0 saturated carbocycles. The van der Waals surface area contributed by atoms with Crippen LogP contribution in [0.4, 0.5) is 41.9 Å². The topological polar surface area (TPSA) is 78.9 Å². The predicted octanol–water partition coefficient (Wildman–Crippen LogP) is 4.94. The summed E-state index contributed by atoms with van der Waals surface area (Å²) in [6.45, 7) is 1.41. The summed E-state index contributed by atoms with van der Waals surface area (Å²) in [4.78, 5) is 19.3. The van der Waals surface area contributed by atoms with Crippen LogP contribution in [0.1, 0.15) is 12.5 Å². The van der Waals surface area contributed by atoms with Crippen LogP contribution in [-0.4, -0.2) is 15.9 Å². The molecule has 28 heavy (non-hydrogen) atoms. The van der Waals surface area contributed by atoms with E-state index in [4.69, 9.17) is 0 Å². The van der Waals surface area contributed by atoms with Gasteiger partial charge >= 0.3 is 6.18 Å². The number of hydrogen-bond donors (Lipinski definition) is 3. The van der Waals surface area contributed by atoms with Crippen LogP contribution >= 0.6 is 0 Å². The fourth-order valence-electron chi connectivity index (χ4n) is 2.44. The molecule has 6 nitrogen and oxygen atoms in total. The molecule has 3 N–H and O–H groups in total. The number of alkyl halides is 3. The number of amides is 1. The van der Waals surface area contributed by atoms with Crippen molar-refractivity contribution in [1.29, 1.82) is 0 Å². The molecule has 144 valence electrons. The molecule has 9 heteroatoms. The van der Waals surface area contributed by atoms with Gasteiger partial charge < -0.3 is 16.0 Å². The number of rotatable bonds is 5. The summed E-state index contributed by atoms with van der Waals surface area (Å²) >= 11 is 0. The van der Waals surface area contributed by atoms with Crippen LogP contribution in [0, 0.1) is 0 Å². The van der Waals surface area contributed by atoms with E-state index in [0.29, 0.717) is 23.0 Å². The molecule has 0 radical (unpaired) electrons. The minimum Gasteiger partial charge on any atom is -0.340 e. The summed E-state index contributed by atoms with van der Waals surface area (Å²) in [6, 6.07) is 13.4. The zero-order valence-electron chi connectivity index (χ0n) is 14.7. The second-order valence-corrected chi connectivity index (χ2v) is 5.88. The van der Waals surface area contributed by atoms with E-state index in [9.17, 15) is 18.0 Å². The molecule has 0 fully saturated rings. The summed E-state index contributed by atoms with van der Waals surface area (Å²) in [5, 5.41) is 8.57. The third-order valence-electron chi connectivity index (χ3n) is 3.58.